The van der Waals surface area contributed by atoms with Gasteiger partial charge in [-0.25, -0.2) is 9.67 Å². The number of aromatic nitrogens is 3. The summed E-state index contributed by atoms with van der Waals surface area (Å²) in [6.07, 6.45) is 5.02. The minimum Gasteiger partial charge on any atom is -0.492 e. The van der Waals surface area contributed by atoms with Gasteiger partial charge in [0.25, 0.3) is 0 Å². The number of piperazine rings is 1. The minimum atomic E-state index is -1.14. The van der Waals surface area contributed by atoms with Crippen molar-refractivity contribution in [2.24, 2.45) is 34.5 Å². The Morgan fingerprint density at radius 3 is 2.45 bits per heavy atom. The van der Waals surface area contributed by atoms with Gasteiger partial charge in [-0.1, -0.05) is 34.1 Å². The second kappa shape index (κ2) is 17.8. The number of aliphatic carboxylic acids is 1. The molecule has 0 bridgehead atoms. The fourth-order valence-corrected chi connectivity index (χ4v) is 10.1. The highest BCUT2D eigenvalue weighted by molar-refractivity contribution is 5.95. The Bertz CT molecular complexity index is 2130. The van der Waals surface area contributed by atoms with E-state index in [-0.39, 0.29) is 55.6 Å². The third-order valence-electron chi connectivity index (χ3n) is 13.9. The molecule has 3 N–H and O–H groups in total. The molecule has 2 aromatic heterocycles. The maximum absolute atomic E-state index is 14.9. The topological polar surface area (TPSA) is 177 Å². The van der Waals surface area contributed by atoms with Crippen molar-refractivity contribution in [1.82, 2.24) is 29.9 Å². The molecule has 2 aliphatic heterocycles. The summed E-state index contributed by atoms with van der Waals surface area (Å²) in [5.74, 6) is 0.775. The van der Waals surface area contributed by atoms with E-state index < -0.39 is 40.8 Å². The van der Waals surface area contributed by atoms with Gasteiger partial charge in [-0.3, -0.25) is 24.1 Å². The van der Waals surface area contributed by atoms with Crippen LogP contribution < -0.4 is 20.1 Å². The number of esters is 1. The molecule has 2 saturated heterocycles. The molecule has 3 aromatic rings. The summed E-state index contributed by atoms with van der Waals surface area (Å²) in [5.41, 5.74) is -1.15. The van der Waals surface area contributed by atoms with Gasteiger partial charge in [0.1, 0.15) is 36.1 Å². The highest BCUT2D eigenvalue weighted by Crippen LogP contribution is 2.58. The van der Waals surface area contributed by atoms with Crippen LogP contribution in [0, 0.1) is 34.5 Å². The van der Waals surface area contributed by atoms with Crippen molar-refractivity contribution in [2.75, 3.05) is 51.2 Å². The molecule has 1 aromatic carbocycles. The number of carboxylic acids is 1. The largest absolute Gasteiger partial charge is 0.492 e. The predicted molar refractivity (Wildman–Crippen MR) is 233 cm³/mol. The van der Waals surface area contributed by atoms with Gasteiger partial charge in [0.2, 0.25) is 5.91 Å². The fraction of sp³-hybridized carbons (Fsp3) is 0.660. The number of rotatable bonds is 18. The van der Waals surface area contributed by atoms with Crippen LogP contribution in [0.2, 0.25) is 0 Å². The SMILES string of the molecule is CC[C@@H]1CC1(CC(=O)[C@@H]1CC(Oc2cc(-n3ccc(NC(C)C)n3)nc3cc(OCCN4CCNCC4)ccc23)CN1C(=O)[C@@H](CC(=O)OC1CC2C[C@H]2C1)C(C)(C)C)C(=O)O. The van der Waals surface area contributed by atoms with Crippen molar-refractivity contribution in [1.29, 1.82) is 0 Å². The molecule has 1 amide bonds. The molecule has 0 radical (unpaired) electrons. The van der Waals surface area contributed by atoms with Crippen LogP contribution >= 0.6 is 0 Å². The van der Waals surface area contributed by atoms with Crippen LogP contribution in [-0.4, -0.2) is 123 Å². The number of likely N-dealkylation sites (tertiary alicyclic amines) is 1. The summed E-state index contributed by atoms with van der Waals surface area (Å²) in [6, 6.07) is 8.65. The third-order valence-corrected chi connectivity index (χ3v) is 13.9. The van der Waals surface area contributed by atoms with Crippen LogP contribution in [0.25, 0.3) is 16.7 Å². The first-order valence-electron chi connectivity index (χ1n) is 22.9. The predicted octanol–water partition coefficient (Wildman–Crippen LogP) is 5.73. The number of benzene rings is 1. The summed E-state index contributed by atoms with van der Waals surface area (Å²) in [4.78, 5) is 64.3. The Morgan fingerprint density at radius 2 is 1.77 bits per heavy atom. The Balaban J connectivity index is 1.07. The highest BCUT2D eigenvalue weighted by Gasteiger charge is 2.61. The molecular formula is C47H65N7O8. The zero-order valence-corrected chi connectivity index (χ0v) is 37.2. The molecule has 4 heterocycles. The Kier molecular flexibility index (Phi) is 12.6. The number of carbonyl (C=O) groups is 4. The molecule has 3 saturated carbocycles. The number of ketones is 1. The van der Waals surface area contributed by atoms with Gasteiger partial charge in [-0.05, 0) is 74.8 Å². The summed E-state index contributed by atoms with van der Waals surface area (Å²) >= 11 is 0. The van der Waals surface area contributed by atoms with E-state index in [1.807, 2.05) is 78.1 Å². The maximum atomic E-state index is 14.9. The number of hydrogen-bond donors (Lipinski definition) is 3. The minimum absolute atomic E-state index is 0.0801. The number of Topliss-reactive ketones (excluding diaryl/α,β-unsaturated/α-hetero) is 1. The van der Waals surface area contributed by atoms with Crippen LogP contribution in [-0.2, 0) is 23.9 Å². The molecule has 5 aliphatic rings. The van der Waals surface area contributed by atoms with Crippen molar-refractivity contribution < 1.29 is 38.5 Å². The first-order chi connectivity index (χ1) is 29.6. The summed E-state index contributed by atoms with van der Waals surface area (Å²) < 4.78 is 20.7. The van der Waals surface area contributed by atoms with E-state index in [0.717, 1.165) is 51.0 Å². The molecule has 3 aliphatic carbocycles. The van der Waals surface area contributed by atoms with Crippen LogP contribution in [0.5, 0.6) is 11.5 Å². The number of amides is 1. The molecule has 0 spiro atoms. The standard InChI is InChI=1S/C47H65N7O8/c1-7-31-25-47(31,45(58)59)26-39(55)38-22-34(27-53(38)44(57)36(46(4,5)6)23-43(56)62-33-19-29-18-30(29)20-33)61-40-24-42(54-13-10-41(51-54)49-28(2)3)50-37-21-32(8-9-35(37)40)60-17-16-52-14-11-48-12-15-52/h8-10,13,21,24,28-31,33-34,36,38,48H,7,11-12,14-20,22-23,25-27H2,1-6H3,(H,49,51)(H,58,59)/t29-,30?,31+,33?,34?,36+,38-,47?/m0/s1. The molecule has 5 fully saturated rings. The smallest absolute Gasteiger partial charge is 0.310 e. The van der Waals surface area contributed by atoms with E-state index in [1.165, 1.54) is 6.42 Å². The van der Waals surface area contributed by atoms with Gasteiger partial charge in [0.15, 0.2) is 11.6 Å². The number of carboxylic acid groups (broad SMARTS) is 1. The monoisotopic (exact) mass is 855 g/mol. The Hall–Kier alpha value is -4.76. The van der Waals surface area contributed by atoms with Gasteiger partial charge in [0, 0.05) is 81.4 Å². The van der Waals surface area contributed by atoms with Crippen LogP contribution in [0.15, 0.2) is 36.5 Å². The number of pyridine rings is 1. The summed E-state index contributed by atoms with van der Waals surface area (Å²) in [6.45, 7) is 17.1. The lowest BCUT2D eigenvalue weighted by atomic mass is 9.77. The van der Waals surface area contributed by atoms with E-state index in [4.69, 9.17) is 24.3 Å². The average molecular weight is 856 g/mol. The van der Waals surface area contributed by atoms with Gasteiger partial charge in [-0.2, -0.15) is 0 Å². The lowest BCUT2D eigenvalue weighted by Gasteiger charge is -2.35. The number of nitrogens with one attached hydrogen (secondary N) is 2. The fourth-order valence-electron chi connectivity index (χ4n) is 10.1. The van der Waals surface area contributed by atoms with E-state index >= 15 is 0 Å². The Morgan fingerprint density at radius 1 is 1.02 bits per heavy atom. The van der Waals surface area contributed by atoms with Gasteiger partial charge in [0.05, 0.1) is 35.9 Å². The van der Waals surface area contributed by atoms with Gasteiger partial charge in [-0.15, -0.1) is 5.10 Å². The first-order valence-corrected chi connectivity index (χ1v) is 22.9. The highest BCUT2D eigenvalue weighted by atomic mass is 16.5. The summed E-state index contributed by atoms with van der Waals surface area (Å²) in [7, 11) is 0. The van der Waals surface area contributed by atoms with E-state index in [9.17, 15) is 24.3 Å². The maximum Gasteiger partial charge on any atom is 0.310 e. The van der Waals surface area contributed by atoms with Crippen LogP contribution in [0.3, 0.4) is 0 Å². The van der Waals surface area contributed by atoms with Crippen molar-refractivity contribution in [3.8, 4) is 17.3 Å². The van der Waals surface area contributed by atoms with Crippen molar-refractivity contribution >= 4 is 40.3 Å². The number of anilines is 1. The second-order valence-corrected chi connectivity index (χ2v) is 19.9. The molecule has 4 unspecified atom stereocenters. The van der Waals surface area contributed by atoms with Crippen molar-refractivity contribution in [2.45, 2.75) is 117 Å². The zero-order chi connectivity index (χ0) is 43.9. The quantitative estimate of drug-likeness (QED) is 0.132. The zero-order valence-electron chi connectivity index (χ0n) is 37.2. The van der Waals surface area contributed by atoms with Crippen molar-refractivity contribution in [3.05, 3.63) is 36.5 Å². The molecule has 8 atom stereocenters. The number of nitrogens with zero attached hydrogens (tertiary/aromatic N) is 5. The first kappa shape index (κ1) is 43.9. The number of carbonyl (C=O) groups excluding carboxylic acids is 3. The molecular weight excluding hydrogens is 791 g/mol. The normalized spacial score (nSPS) is 27.5. The second-order valence-electron chi connectivity index (χ2n) is 19.9. The average Bonchev–Trinajstić information content (AvgIpc) is 3.89. The molecule has 336 valence electrons. The number of ether oxygens (including phenoxy) is 3. The van der Waals surface area contributed by atoms with Crippen molar-refractivity contribution in [3.63, 3.8) is 0 Å². The van der Waals surface area contributed by atoms with Crippen LogP contribution in [0.4, 0.5) is 5.82 Å². The molecule has 15 heteroatoms. The molecule has 15 nitrogen and oxygen atoms in total. The van der Waals surface area contributed by atoms with E-state index in [0.29, 0.717) is 59.9 Å². The van der Waals surface area contributed by atoms with E-state index in [1.54, 1.807) is 9.58 Å². The molecule has 8 rings (SSSR count). The lowest BCUT2D eigenvalue weighted by Crippen LogP contribution is -2.48. The van der Waals surface area contributed by atoms with Gasteiger partial charge >= 0.3 is 11.9 Å². The third kappa shape index (κ3) is 9.73. The van der Waals surface area contributed by atoms with Crippen LogP contribution in [0.1, 0.15) is 92.9 Å². The lowest BCUT2D eigenvalue weighted by molar-refractivity contribution is -0.157. The molecule has 62 heavy (non-hydrogen) atoms. The van der Waals surface area contributed by atoms with E-state index in [2.05, 4.69) is 15.5 Å². The summed E-state index contributed by atoms with van der Waals surface area (Å²) in [5, 5.41) is 22.5. The Labute approximate surface area is 364 Å². The number of fused-ring (bicyclic) bond motifs is 2. The van der Waals surface area contributed by atoms with Gasteiger partial charge < -0.3 is 34.9 Å². The number of hydrogen-bond acceptors (Lipinski definition) is 12.